The zero-order valence-corrected chi connectivity index (χ0v) is 15.3. The molecule has 1 aromatic carbocycles. The number of halogens is 1. The zero-order valence-electron chi connectivity index (χ0n) is 13.7. The van der Waals surface area contributed by atoms with Crippen LogP contribution >= 0.6 is 11.6 Å². The Morgan fingerprint density at radius 1 is 1.23 bits per heavy atom. The summed E-state index contributed by atoms with van der Waals surface area (Å²) >= 11 is 6.19. The quantitative estimate of drug-likeness (QED) is 0.862. The van der Waals surface area contributed by atoms with Crippen LogP contribution in [0.3, 0.4) is 0 Å². The molecule has 1 amide bonds. The summed E-state index contributed by atoms with van der Waals surface area (Å²) in [5.74, 6) is -0.478. The number of carbonyl (C=O) groups is 1. The predicted molar refractivity (Wildman–Crippen MR) is 91.0 cm³/mol. The van der Waals surface area contributed by atoms with E-state index in [-0.39, 0.29) is 0 Å². The van der Waals surface area contributed by atoms with E-state index in [1.807, 2.05) is 32.0 Å². The Hall–Kier alpha value is -1.07. The molecular weight excluding hydrogens is 322 g/mol. The minimum Gasteiger partial charge on any atom is -0.354 e. The van der Waals surface area contributed by atoms with Gasteiger partial charge in [0.2, 0.25) is 5.91 Å². The van der Waals surface area contributed by atoms with Crippen LogP contribution < -0.4 is 5.32 Å². The molecule has 0 aliphatic rings. The second-order valence-corrected chi connectivity index (χ2v) is 9.60. The van der Waals surface area contributed by atoms with Crippen LogP contribution in [-0.2, 0) is 20.0 Å². The lowest BCUT2D eigenvalue weighted by atomic mass is 9.84. The lowest BCUT2D eigenvalue weighted by Gasteiger charge is -2.27. The van der Waals surface area contributed by atoms with E-state index in [9.17, 15) is 13.2 Å². The molecule has 124 valence electrons. The predicted octanol–water partition coefficient (Wildman–Crippen LogP) is 2.95. The Balaban J connectivity index is 2.81. The largest absolute Gasteiger partial charge is 0.354 e. The maximum Gasteiger partial charge on any atom is 0.238 e. The summed E-state index contributed by atoms with van der Waals surface area (Å²) in [6.45, 7) is 8.80. The summed E-state index contributed by atoms with van der Waals surface area (Å²) in [6, 6.07) is 7.43. The van der Waals surface area contributed by atoms with Gasteiger partial charge in [0.05, 0.1) is 5.25 Å². The molecule has 0 aliphatic heterocycles. The Labute approximate surface area is 138 Å². The number of amides is 1. The van der Waals surface area contributed by atoms with E-state index in [1.54, 1.807) is 19.9 Å². The highest BCUT2D eigenvalue weighted by Gasteiger charge is 2.32. The van der Waals surface area contributed by atoms with Crippen molar-refractivity contribution >= 4 is 27.3 Å². The molecule has 0 saturated carbocycles. The molecule has 0 saturated heterocycles. The number of hydrogen-bond donors (Lipinski definition) is 1. The third-order valence-electron chi connectivity index (χ3n) is 3.83. The molecule has 0 aromatic heterocycles. The molecule has 0 radical (unpaired) electrons. The van der Waals surface area contributed by atoms with Crippen molar-refractivity contribution in [3.63, 3.8) is 0 Å². The topological polar surface area (TPSA) is 63.2 Å². The average molecular weight is 346 g/mol. The number of nitrogens with one attached hydrogen (secondary N) is 1. The summed E-state index contributed by atoms with van der Waals surface area (Å²) < 4.78 is 24.1. The molecule has 1 unspecified atom stereocenters. The molecule has 0 bridgehead atoms. The molecule has 1 aromatic rings. The normalized spacial score (nSPS) is 14.0. The van der Waals surface area contributed by atoms with Crippen LogP contribution in [0.2, 0.25) is 5.02 Å². The average Bonchev–Trinajstić information content (AvgIpc) is 2.44. The molecule has 6 heteroatoms. The first kappa shape index (κ1) is 19.0. The van der Waals surface area contributed by atoms with E-state index in [4.69, 9.17) is 11.6 Å². The van der Waals surface area contributed by atoms with E-state index in [0.29, 0.717) is 11.6 Å². The van der Waals surface area contributed by atoms with Crippen LogP contribution in [0.5, 0.6) is 0 Å². The molecule has 0 spiro atoms. The molecule has 1 rings (SSSR count). The van der Waals surface area contributed by atoms with Gasteiger partial charge in [-0.15, -0.1) is 0 Å². The van der Waals surface area contributed by atoms with Gasteiger partial charge in [-0.05, 0) is 32.4 Å². The number of hydrogen-bond acceptors (Lipinski definition) is 3. The van der Waals surface area contributed by atoms with E-state index in [0.717, 1.165) is 5.56 Å². The molecule has 22 heavy (non-hydrogen) atoms. The van der Waals surface area contributed by atoms with Gasteiger partial charge in [0.15, 0.2) is 9.84 Å². The summed E-state index contributed by atoms with van der Waals surface area (Å²) in [7, 11) is -3.45. The summed E-state index contributed by atoms with van der Waals surface area (Å²) in [4.78, 5) is 12.1. The summed E-state index contributed by atoms with van der Waals surface area (Å²) in [5, 5.41) is 1.72. The third-order valence-corrected chi connectivity index (χ3v) is 6.67. The van der Waals surface area contributed by atoms with Gasteiger partial charge in [0.25, 0.3) is 0 Å². The Kier molecular flexibility index (Phi) is 6.04. The van der Waals surface area contributed by atoms with Crippen molar-refractivity contribution in [2.75, 3.05) is 6.54 Å². The highest BCUT2D eigenvalue weighted by Crippen LogP contribution is 2.29. The Morgan fingerprint density at radius 2 is 1.77 bits per heavy atom. The minimum atomic E-state index is -3.45. The summed E-state index contributed by atoms with van der Waals surface area (Å²) in [6.07, 6.45) is 0. The monoisotopic (exact) mass is 345 g/mol. The van der Waals surface area contributed by atoms with Gasteiger partial charge in [0.1, 0.15) is 5.25 Å². The van der Waals surface area contributed by atoms with E-state index < -0.39 is 31.7 Å². The number of sulfone groups is 1. The first-order valence-corrected chi connectivity index (χ1v) is 9.24. The van der Waals surface area contributed by atoms with Crippen molar-refractivity contribution in [2.24, 2.45) is 0 Å². The minimum absolute atomic E-state index is 0.313. The second kappa shape index (κ2) is 7.01. The SMILES string of the molecule is CC(C)S(=O)(=O)C(C)C(=O)NCC(C)(C)c1ccccc1Cl. The van der Waals surface area contributed by atoms with Crippen molar-refractivity contribution in [3.8, 4) is 0 Å². The van der Waals surface area contributed by atoms with Gasteiger partial charge in [-0.1, -0.05) is 43.6 Å². The first-order chi connectivity index (χ1) is 10.00. The highest BCUT2D eigenvalue weighted by molar-refractivity contribution is 7.93. The molecule has 0 fully saturated rings. The molecule has 0 aliphatic carbocycles. The van der Waals surface area contributed by atoms with Crippen molar-refractivity contribution in [1.29, 1.82) is 0 Å². The van der Waals surface area contributed by atoms with Gasteiger partial charge in [0, 0.05) is 17.0 Å². The fourth-order valence-corrected chi connectivity index (χ4v) is 3.70. The first-order valence-electron chi connectivity index (χ1n) is 7.25. The van der Waals surface area contributed by atoms with Crippen LogP contribution in [0.25, 0.3) is 0 Å². The van der Waals surface area contributed by atoms with Gasteiger partial charge in [-0.3, -0.25) is 4.79 Å². The highest BCUT2D eigenvalue weighted by atomic mass is 35.5. The fourth-order valence-electron chi connectivity index (χ4n) is 2.11. The van der Waals surface area contributed by atoms with Gasteiger partial charge in [-0.25, -0.2) is 8.42 Å². The van der Waals surface area contributed by atoms with Crippen LogP contribution in [0.15, 0.2) is 24.3 Å². The van der Waals surface area contributed by atoms with E-state index in [2.05, 4.69) is 5.32 Å². The number of rotatable bonds is 6. The molecule has 0 heterocycles. The maximum absolute atomic E-state index is 12.1. The smallest absolute Gasteiger partial charge is 0.238 e. The molecule has 1 atom stereocenters. The maximum atomic E-state index is 12.1. The van der Waals surface area contributed by atoms with Crippen molar-refractivity contribution < 1.29 is 13.2 Å². The lowest BCUT2D eigenvalue weighted by molar-refractivity contribution is -0.120. The van der Waals surface area contributed by atoms with Crippen LogP contribution in [0, 0.1) is 0 Å². The summed E-state index contributed by atoms with van der Waals surface area (Å²) in [5.41, 5.74) is 0.520. The van der Waals surface area contributed by atoms with Gasteiger partial charge in [-0.2, -0.15) is 0 Å². The Morgan fingerprint density at radius 3 is 2.27 bits per heavy atom. The van der Waals surface area contributed by atoms with E-state index >= 15 is 0 Å². The second-order valence-electron chi connectivity index (χ2n) is 6.36. The van der Waals surface area contributed by atoms with E-state index in [1.165, 1.54) is 6.92 Å². The fraction of sp³-hybridized carbons (Fsp3) is 0.562. The Bertz CT molecular complexity index is 639. The van der Waals surface area contributed by atoms with Gasteiger partial charge < -0.3 is 5.32 Å². The molecule has 4 nitrogen and oxygen atoms in total. The number of carbonyl (C=O) groups excluding carboxylic acids is 1. The molecule has 1 N–H and O–H groups in total. The number of benzene rings is 1. The van der Waals surface area contributed by atoms with Gasteiger partial charge >= 0.3 is 0 Å². The van der Waals surface area contributed by atoms with Crippen LogP contribution in [0.4, 0.5) is 0 Å². The standard InChI is InChI=1S/C16H24ClNO3S/c1-11(2)22(20,21)12(3)15(19)18-10-16(4,5)13-8-6-7-9-14(13)17/h6-9,11-12H,10H2,1-5H3,(H,18,19). The van der Waals surface area contributed by atoms with Crippen molar-refractivity contribution in [1.82, 2.24) is 5.32 Å². The van der Waals surface area contributed by atoms with Crippen molar-refractivity contribution in [2.45, 2.75) is 50.5 Å². The third kappa shape index (κ3) is 4.23. The molecular formula is C16H24ClNO3S. The van der Waals surface area contributed by atoms with Crippen LogP contribution in [0.1, 0.15) is 40.2 Å². The van der Waals surface area contributed by atoms with Crippen molar-refractivity contribution in [3.05, 3.63) is 34.9 Å². The lowest BCUT2D eigenvalue weighted by Crippen LogP contribution is -2.45. The zero-order chi connectivity index (χ0) is 17.1. The van der Waals surface area contributed by atoms with Crippen LogP contribution in [-0.4, -0.2) is 31.4 Å².